The van der Waals surface area contributed by atoms with E-state index in [9.17, 15) is 18.6 Å². The molecule has 6 nitrogen and oxygen atoms in total. The highest BCUT2D eigenvalue weighted by atomic mass is 32.2. The van der Waals surface area contributed by atoms with Gasteiger partial charge in [-0.2, -0.15) is 17.4 Å². The number of aliphatic hydroxyl groups is 2. The number of hydrogen-bond donors (Lipinski definition) is 3. The Morgan fingerprint density at radius 3 is 2.07 bits per heavy atom. The van der Waals surface area contributed by atoms with Gasteiger partial charge in [0.25, 0.3) is 10.2 Å². The summed E-state index contributed by atoms with van der Waals surface area (Å²) in [5.41, 5.74) is 0. The van der Waals surface area contributed by atoms with Crippen LogP contribution in [-0.2, 0) is 10.2 Å². The zero-order valence-corrected chi connectivity index (χ0v) is 8.44. The summed E-state index contributed by atoms with van der Waals surface area (Å²) in [6, 6.07) is 0.0508. The minimum absolute atomic E-state index is 0.0246. The van der Waals surface area contributed by atoms with Gasteiger partial charge in [-0.15, -0.1) is 0 Å². The van der Waals surface area contributed by atoms with E-state index in [-0.39, 0.29) is 19.1 Å². The molecule has 7 heteroatoms. The van der Waals surface area contributed by atoms with E-state index in [2.05, 4.69) is 4.72 Å². The predicted octanol–water partition coefficient (Wildman–Crippen LogP) is -1.98. The molecule has 0 bridgehead atoms. The Labute approximate surface area is 82.7 Å². The van der Waals surface area contributed by atoms with Crippen molar-refractivity contribution in [3.8, 4) is 0 Å². The first-order chi connectivity index (χ1) is 6.49. The molecule has 0 unspecified atom stereocenters. The molecule has 3 N–H and O–H groups in total. The van der Waals surface area contributed by atoms with Crippen molar-refractivity contribution >= 4 is 10.2 Å². The normalized spacial score (nSPS) is 35.0. The summed E-state index contributed by atoms with van der Waals surface area (Å²) < 4.78 is 26.7. The third-order valence-electron chi connectivity index (χ3n) is 2.46. The monoisotopic (exact) mass is 222 g/mol. The fourth-order valence-electron chi connectivity index (χ4n) is 1.42. The van der Waals surface area contributed by atoms with Gasteiger partial charge in [0.2, 0.25) is 0 Å². The molecule has 0 aromatic rings. The quantitative estimate of drug-likeness (QED) is 0.516. The second kappa shape index (κ2) is 3.42. The molecule has 1 aliphatic carbocycles. The lowest BCUT2D eigenvalue weighted by atomic mass is 10.3. The molecule has 2 atom stereocenters. The number of rotatable bonds is 3. The molecule has 1 aliphatic heterocycles. The second-order valence-corrected chi connectivity index (χ2v) is 5.55. The van der Waals surface area contributed by atoms with Crippen LogP contribution in [0.3, 0.4) is 0 Å². The van der Waals surface area contributed by atoms with Gasteiger partial charge in [0.05, 0.1) is 12.2 Å². The number of β-amino-alcohol motifs (C(OH)–C–C–N with tert-alkyl or cyclic N) is 2. The molecule has 1 saturated heterocycles. The molecule has 0 aromatic heterocycles. The van der Waals surface area contributed by atoms with Crippen molar-refractivity contribution in [1.82, 2.24) is 9.03 Å². The molecular weight excluding hydrogens is 208 g/mol. The Hall–Kier alpha value is -0.210. The van der Waals surface area contributed by atoms with Gasteiger partial charge in [-0.1, -0.05) is 0 Å². The number of nitrogens with one attached hydrogen (secondary N) is 1. The van der Waals surface area contributed by atoms with E-state index in [4.69, 9.17) is 0 Å². The van der Waals surface area contributed by atoms with Crippen LogP contribution in [0, 0.1) is 0 Å². The number of hydrogen-bond acceptors (Lipinski definition) is 4. The molecule has 14 heavy (non-hydrogen) atoms. The fraction of sp³-hybridized carbons (Fsp3) is 1.00. The zero-order chi connectivity index (χ0) is 10.3. The smallest absolute Gasteiger partial charge is 0.279 e. The molecule has 2 aliphatic rings. The number of aliphatic hydroxyl groups excluding tert-OH is 2. The third kappa shape index (κ3) is 2.06. The molecule has 1 saturated carbocycles. The Kier molecular flexibility index (Phi) is 2.52. The van der Waals surface area contributed by atoms with Gasteiger partial charge in [0.15, 0.2) is 0 Å². The first kappa shape index (κ1) is 10.3. The van der Waals surface area contributed by atoms with E-state index < -0.39 is 22.4 Å². The Morgan fingerprint density at radius 2 is 1.64 bits per heavy atom. The Morgan fingerprint density at radius 1 is 1.14 bits per heavy atom. The first-order valence-corrected chi connectivity index (χ1v) is 6.06. The largest absolute Gasteiger partial charge is 0.389 e. The van der Waals surface area contributed by atoms with Crippen LogP contribution in [0.2, 0.25) is 0 Å². The van der Waals surface area contributed by atoms with Crippen molar-refractivity contribution in [2.24, 2.45) is 0 Å². The topological polar surface area (TPSA) is 89.9 Å². The fourth-order valence-corrected chi connectivity index (χ4v) is 2.92. The van der Waals surface area contributed by atoms with E-state index in [0.717, 1.165) is 17.1 Å². The van der Waals surface area contributed by atoms with Crippen LogP contribution in [0.15, 0.2) is 0 Å². The molecule has 1 heterocycles. The van der Waals surface area contributed by atoms with E-state index in [1.165, 1.54) is 0 Å². The summed E-state index contributed by atoms with van der Waals surface area (Å²) in [7, 11) is -3.50. The molecule has 2 rings (SSSR count). The van der Waals surface area contributed by atoms with Crippen LogP contribution >= 0.6 is 0 Å². The van der Waals surface area contributed by atoms with Crippen LogP contribution in [0.4, 0.5) is 0 Å². The highest BCUT2D eigenvalue weighted by Crippen LogP contribution is 2.22. The SMILES string of the molecule is O=S(=O)(NC1CC1)N1C[C@@H](O)[C@@H](O)C1. The maximum Gasteiger partial charge on any atom is 0.279 e. The van der Waals surface area contributed by atoms with E-state index in [1.807, 2.05) is 0 Å². The second-order valence-electron chi connectivity index (χ2n) is 3.85. The van der Waals surface area contributed by atoms with Crippen LogP contribution < -0.4 is 4.72 Å². The van der Waals surface area contributed by atoms with Gasteiger partial charge in [-0.3, -0.25) is 0 Å². The van der Waals surface area contributed by atoms with Crippen LogP contribution in [-0.4, -0.2) is 54.3 Å². The molecule has 2 fully saturated rings. The van der Waals surface area contributed by atoms with Crippen molar-refractivity contribution in [2.45, 2.75) is 31.1 Å². The van der Waals surface area contributed by atoms with Gasteiger partial charge >= 0.3 is 0 Å². The average Bonchev–Trinajstić information content (AvgIpc) is 2.79. The molecule has 0 spiro atoms. The molecule has 82 valence electrons. The first-order valence-electron chi connectivity index (χ1n) is 4.62. The van der Waals surface area contributed by atoms with Gasteiger partial charge in [-0.05, 0) is 12.8 Å². The highest BCUT2D eigenvalue weighted by Gasteiger charge is 2.39. The minimum Gasteiger partial charge on any atom is -0.389 e. The highest BCUT2D eigenvalue weighted by molar-refractivity contribution is 7.87. The molecule has 0 radical (unpaired) electrons. The lowest BCUT2D eigenvalue weighted by molar-refractivity contribution is 0.0572. The standard InChI is InChI=1S/C7H14N2O4S/c10-6-3-9(4-7(6)11)14(12,13)8-5-1-2-5/h5-8,10-11H,1-4H2/t6-,7+. The summed E-state index contributed by atoms with van der Waals surface area (Å²) in [6.45, 7) is -0.0492. The van der Waals surface area contributed by atoms with Crippen molar-refractivity contribution in [3.63, 3.8) is 0 Å². The lowest BCUT2D eigenvalue weighted by Gasteiger charge is -2.15. The van der Waals surface area contributed by atoms with E-state index in [1.54, 1.807) is 0 Å². The van der Waals surface area contributed by atoms with Crippen molar-refractivity contribution in [2.75, 3.05) is 13.1 Å². The van der Waals surface area contributed by atoms with Crippen molar-refractivity contribution in [3.05, 3.63) is 0 Å². The predicted molar refractivity (Wildman–Crippen MR) is 48.7 cm³/mol. The summed E-state index contributed by atoms with van der Waals surface area (Å²) in [4.78, 5) is 0. The summed E-state index contributed by atoms with van der Waals surface area (Å²) in [5, 5.41) is 18.4. The Balaban J connectivity index is 2.00. The molecule has 0 amide bonds. The van der Waals surface area contributed by atoms with Crippen LogP contribution in [0.1, 0.15) is 12.8 Å². The average molecular weight is 222 g/mol. The van der Waals surface area contributed by atoms with Gasteiger partial charge in [0, 0.05) is 19.1 Å². The van der Waals surface area contributed by atoms with Crippen LogP contribution in [0.5, 0.6) is 0 Å². The summed E-state index contributed by atoms with van der Waals surface area (Å²) >= 11 is 0. The van der Waals surface area contributed by atoms with Gasteiger partial charge < -0.3 is 10.2 Å². The maximum absolute atomic E-state index is 11.6. The van der Waals surface area contributed by atoms with E-state index >= 15 is 0 Å². The van der Waals surface area contributed by atoms with Gasteiger partial charge in [-0.25, -0.2) is 0 Å². The van der Waals surface area contributed by atoms with Crippen molar-refractivity contribution in [1.29, 1.82) is 0 Å². The summed E-state index contributed by atoms with van der Waals surface area (Å²) in [5.74, 6) is 0. The summed E-state index contributed by atoms with van der Waals surface area (Å²) in [6.07, 6.45) is -0.187. The minimum atomic E-state index is -3.50. The third-order valence-corrected chi connectivity index (χ3v) is 4.07. The molecule has 0 aromatic carbocycles. The number of nitrogens with zero attached hydrogens (tertiary/aromatic N) is 1. The Bertz CT molecular complexity index is 304. The van der Waals surface area contributed by atoms with Crippen molar-refractivity contribution < 1.29 is 18.6 Å². The zero-order valence-electron chi connectivity index (χ0n) is 7.63. The van der Waals surface area contributed by atoms with Crippen LogP contribution in [0.25, 0.3) is 0 Å². The van der Waals surface area contributed by atoms with E-state index in [0.29, 0.717) is 0 Å². The molecular formula is C7H14N2O4S. The maximum atomic E-state index is 11.6. The van der Waals surface area contributed by atoms with Gasteiger partial charge in [0.1, 0.15) is 0 Å². The lowest BCUT2D eigenvalue weighted by Crippen LogP contribution is -2.41.